The van der Waals surface area contributed by atoms with Gasteiger partial charge in [0.2, 0.25) is 5.91 Å². The van der Waals surface area contributed by atoms with Gasteiger partial charge in [-0.05, 0) is 18.9 Å². The van der Waals surface area contributed by atoms with Crippen LogP contribution in [0.25, 0.3) is 22.3 Å². The van der Waals surface area contributed by atoms with Crippen LogP contribution in [-0.4, -0.2) is 51.2 Å². The molecule has 0 saturated carbocycles. The first-order chi connectivity index (χ1) is 12.8. The Hall–Kier alpha value is -2.32. The number of amides is 1. The number of hydrogen-bond acceptors (Lipinski definition) is 5. The monoisotopic (exact) mass is 371 g/mol. The van der Waals surface area contributed by atoms with Crippen molar-refractivity contribution >= 4 is 28.6 Å². The molecule has 136 valence electrons. The van der Waals surface area contributed by atoms with Gasteiger partial charge in [-0.3, -0.25) is 9.36 Å². The number of H-pyrrole nitrogens is 1. The summed E-state index contributed by atoms with van der Waals surface area (Å²) in [7, 11) is 1.64. The fraction of sp³-hybridized carbons (Fsp3) is 0.389. The molecule has 8 heteroatoms. The molecule has 3 aromatic rings. The standard InChI is InChI=1S/C18H21N5O2S/c1-19-16(24)11-26-18-22-21-17(23(18)10-12-5-4-8-25-12)14-9-20-15-7-3-2-6-13(14)15/h2-3,6-7,9,12,20H,4-5,8,10-11H2,1H3,(H,19,24)/t12-/m1/s1. The second kappa shape index (κ2) is 7.51. The van der Waals surface area contributed by atoms with E-state index in [1.165, 1.54) is 11.8 Å². The summed E-state index contributed by atoms with van der Waals surface area (Å²) >= 11 is 1.40. The summed E-state index contributed by atoms with van der Waals surface area (Å²) < 4.78 is 7.90. The van der Waals surface area contributed by atoms with Crippen molar-refractivity contribution in [2.24, 2.45) is 0 Å². The Morgan fingerprint density at radius 1 is 1.42 bits per heavy atom. The van der Waals surface area contributed by atoms with Gasteiger partial charge in [-0.1, -0.05) is 30.0 Å². The maximum Gasteiger partial charge on any atom is 0.230 e. The van der Waals surface area contributed by atoms with E-state index in [2.05, 4.69) is 31.1 Å². The molecule has 1 atom stereocenters. The summed E-state index contributed by atoms with van der Waals surface area (Å²) in [6.45, 7) is 1.49. The molecular formula is C18H21N5O2S. The fourth-order valence-corrected chi connectivity index (χ4v) is 4.03. The van der Waals surface area contributed by atoms with Crippen molar-refractivity contribution in [1.29, 1.82) is 0 Å². The average Bonchev–Trinajstić information content (AvgIpc) is 3.40. The van der Waals surface area contributed by atoms with E-state index in [4.69, 9.17) is 4.74 Å². The Morgan fingerprint density at radius 3 is 3.12 bits per heavy atom. The van der Waals surface area contributed by atoms with E-state index in [-0.39, 0.29) is 12.0 Å². The van der Waals surface area contributed by atoms with E-state index < -0.39 is 0 Å². The molecule has 26 heavy (non-hydrogen) atoms. The summed E-state index contributed by atoms with van der Waals surface area (Å²) in [6, 6.07) is 8.14. The lowest BCUT2D eigenvalue weighted by Gasteiger charge is -2.14. The van der Waals surface area contributed by atoms with Gasteiger partial charge < -0.3 is 15.0 Å². The Labute approximate surface area is 155 Å². The molecule has 0 unspecified atom stereocenters. The molecule has 1 amide bonds. The number of carbonyl (C=O) groups is 1. The Morgan fingerprint density at radius 2 is 2.31 bits per heavy atom. The van der Waals surface area contributed by atoms with Crippen molar-refractivity contribution < 1.29 is 9.53 Å². The number of nitrogens with zero attached hydrogens (tertiary/aromatic N) is 3. The van der Waals surface area contributed by atoms with Gasteiger partial charge >= 0.3 is 0 Å². The molecule has 0 spiro atoms. The quantitative estimate of drug-likeness (QED) is 0.650. The summed E-state index contributed by atoms with van der Waals surface area (Å²) in [5.74, 6) is 1.08. The molecule has 1 aromatic carbocycles. The number of benzene rings is 1. The van der Waals surface area contributed by atoms with Crippen LogP contribution in [0, 0.1) is 0 Å². The van der Waals surface area contributed by atoms with Gasteiger partial charge in [0, 0.05) is 36.3 Å². The average molecular weight is 371 g/mol. The highest BCUT2D eigenvalue weighted by Crippen LogP contribution is 2.31. The van der Waals surface area contributed by atoms with Gasteiger partial charge in [-0.2, -0.15) is 0 Å². The third-order valence-corrected chi connectivity index (χ3v) is 5.54. The lowest BCUT2D eigenvalue weighted by molar-refractivity contribution is -0.118. The molecule has 7 nitrogen and oxygen atoms in total. The number of para-hydroxylation sites is 1. The maximum atomic E-state index is 11.6. The number of aromatic amines is 1. The largest absolute Gasteiger partial charge is 0.376 e. The number of carbonyl (C=O) groups excluding carboxylic acids is 1. The summed E-state index contributed by atoms with van der Waals surface area (Å²) in [4.78, 5) is 14.9. The van der Waals surface area contributed by atoms with E-state index in [1.54, 1.807) is 7.05 Å². The fourth-order valence-electron chi connectivity index (χ4n) is 3.21. The van der Waals surface area contributed by atoms with Gasteiger partial charge in [0.1, 0.15) is 0 Å². The second-order valence-corrected chi connectivity index (χ2v) is 7.20. The van der Waals surface area contributed by atoms with Crippen molar-refractivity contribution in [1.82, 2.24) is 25.1 Å². The van der Waals surface area contributed by atoms with Crippen molar-refractivity contribution in [2.75, 3.05) is 19.4 Å². The minimum absolute atomic E-state index is 0.0321. The van der Waals surface area contributed by atoms with Gasteiger partial charge in [0.05, 0.1) is 18.4 Å². The zero-order valence-electron chi connectivity index (χ0n) is 14.6. The van der Waals surface area contributed by atoms with Crippen LogP contribution < -0.4 is 5.32 Å². The van der Waals surface area contributed by atoms with Crippen LogP contribution in [-0.2, 0) is 16.1 Å². The summed E-state index contributed by atoms with van der Waals surface area (Å²) in [5, 5.41) is 13.3. The molecule has 1 aliphatic rings. The van der Waals surface area contributed by atoms with E-state index in [9.17, 15) is 4.79 Å². The molecule has 1 fully saturated rings. The molecule has 0 aliphatic carbocycles. The molecule has 4 rings (SSSR count). The third kappa shape index (κ3) is 3.34. The highest BCUT2D eigenvalue weighted by molar-refractivity contribution is 7.99. The number of hydrogen-bond donors (Lipinski definition) is 2. The first-order valence-electron chi connectivity index (χ1n) is 8.71. The van der Waals surface area contributed by atoms with Crippen molar-refractivity contribution in [3.8, 4) is 11.4 Å². The minimum Gasteiger partial charge on any atom is -0.376 e. The van der Waals surface area contributed by atoms with Crippen LogP contribution in [0.2, 0.25) is 0 Å². The van der Waals surface area contributed by atoms with E-state index in [0.717, 1.165) is 46.9 Å². The number of ether oxygens (including phenoxy) is 1. The number of thioether (sulfide) groups is 1. The molecule has 2 N–H and O–H groups in total. The Bertz CT molecular complexity index is 913. The number of rotatable bonds is 6. The smallest absolute Gasteiger partial charge is 0.230 e. The van der Waals surface area contributed by atoms with Gasteiger partial charge in [-0.25, -0.2) is 0 Å². The van der Waals surface area contributed by atoms with Crippen molar-refractivity contribution in [2.45, 2.75) is 30.6 Å². The maximum absolute atomic E-state index is 11.6. The molecular weight excluding hydrogens is 350 g/mol. The molecule has 0 bridgehead atoms. The Balaban J connectivity index is 1.70. The first-order valence-corrected chi connectivity index (χ1v) is 9.69. The molecule has 0 radical (unpaired) electrons. The molecule has 1 saturated heterocycles. The Kier molecular flexibility index (Phi) is 4.94. The zero-order valence-corrected chi connectivity index (χ0v) is 15.4. The summed E-state index contributed by atoms with van der Waals surface area (Å²) in [6.07, 6.45) is 4.24. The first kappa shape index (κ1) is 17.1. The van der Waals surface area contributed by atoms with E-state index in [0.29, 0.717) is 12.3 Å². The molecule has 1 aliphatic heterocycles. The van der Waals surface area contributed by atoms with Crippen LogP contribution in [0.15, 0.2) is 35.6 Å². The predicted molar refractivity (Wildman–Crippen MR) is 101 cm³/mol. The number of fused-ring (bicyclic) bond motifs is 1. The number of nitrogens with one attached hydrogen (secondary N) is 2. The second-order valence-electron chi connectivity index (χ2n) is 6.26. The molecule has 2 aromatic heterocycles. The number of aromatic nitrogens is 4. The van der Waals surface area contributed by atoms with Crippen LogP contribution in [0.4, 0.5) is 0 Å². The van der Waals surface area contributed by atoms with Crippen LogP contribution in [0.1, 0.15) is 12.8 Å². The van der Waals surface area contributed by atoms with Crippen LogP contribution in [0.3, 0.4) is 0 Å². The molecule has 3 heterocycles. The summed E-state index contributed by atoms with van der Waals surface area (Å²) in [5.41, 5.74) is 2.08. The topological polar surface area (TPSA) is 84.8 Å². The normalized spacial score (nSPS) is 17.0. The SMILES string of the molecule is CNC(=O)CSc1nnc(-c2c[nH]c3ccccc23)n1C[C@H]1CCCO1. The van der Waals surface area contributed by atoms with Crippen molar-refractivity contribution in [3.63, 3.8) is 0 Å². The lowest BCUT2D eigenvalue weighted by atomic mass is 10.1. The predicted octanol–water partition coefficient (Wildman–Crippen LogP) is 2.44. The van der Waals surface area contributed by atoms with Crippen LogP contribution in [0.5, 0.6) is 0 Å². The van der Waals surface area contributed by atoms with Crippen LogP contribution >= 0.6 is 11.8 Å². The van der Waals surface area contributed by atoms with Gasteiger partial charge in [0.15, 0.2) is 11.0 Å². The lowest BCUT2D eigenvalue weighted by Crippen LogP contribution is -2.21. The van der Waals surface area contributed by atoms with E-state index in [1.807, 2.05) is 24.4 Å². The van der Waals surface area contributed by atoms with Gasteiger partial charge in [-0.15, -0.1) is 10.2 Å². The third-order valence-electron chi connectivity index (χ3n) is 4.57. The van der Waals surface area contributed by atoms with E-state index >= 15 is 0 Å². The highest BCUT2D eigenvalue weighted by atomic mass is 32.2. The highest BCUT2D eigenvalue weighted by Gasteiger charge is 2.23. The zero-order chi connectivity index (χ0) is 17.9. The minimum atomic E-state index is -0.0321. The van der Waals surface area contributed by atoms with Crippen molar-refractivity contribution in [3.05, 3.63) is 30.5 Å². The van der Waals surface area contributed by atoms with Gasteiger partial charge in [0.25, 0.3) is 0 Å².